The lowest BCUT2D eigenvalue weighted by molar-refractivity contribution is -0.112. The van der Waals surface area contributed by atoms with Crippen LogP contribution in [0.1, 0.15) is 21.5 Å². The molecule has 0 heterocycles. The van der Waals surface area contributed by atoms with Gasteiger partial charge in [-0.3, -0.25) is 4.79 Å². The van der Waals surface area contributed by atoms with E-state index in [2.05, 4.69) is 11.8 Å². The molecule has 0 aromatic heterocycles. The van der Waals surface area contributed by atoms with Gasteiger partial charge in [-0.1, -0.05) is 12.0 Å². The summed E-state index contributed by atoms with van der Waals surface area (Å²) in [6, 6.07) is 4.68. The molecule has 0 saturated carbocycles. The minimum Gasteiger partial charge on any atom is -0.478 e. The Morgan fingerprint density at radius 3 is 2.60 bits per heavy atom. The molecule has 0 aliphatic rings. The molecule has 4 nitrogen and oxygen atoms in total. The number of aromatic carboxylic acids is 1. The van der Waals surface area contributed by atoms with Crippen molar-refractivity contribution < 1.29 is 14.7 Å². The molecule has 0 radical (unpaired) electrons. The number of amides is 1. The second kappa shape index (κ2) is 4.29. The van der Waals surface area contributed by atoms with Crippen molar-refractivity contribution in [2.75, 3.05) is 0 Å². The fraction of sp³-hybridized carbons (Fsp3) is 0.0909. The first kappa shape index (κ1) is 10.8. The second-order valence-electron chi connectivity index (χ2n) is 2.95. The molecule has 3 N–H and O–H groups in total. The van der Waals surface area contributed by atoms with Crippen LogP contribution < -0.4 is 5.73 Å². The van der Waals surface area contributed by atoms with Crippen LogP contribution in [0.15, 0.2) is 18.2 Å². The number of hydrogen-bond acceptors (Lipinski definition) is 2. The third-order valence-electron chi connectivity index (χ3n) is 1.80. The van der Waals surface area contributed by atoms with Crippen molar-refractivity contribution in [3.63, 3.8) is 0 Å². The number of nitrogens with two attached hydrogens (primary N) is 1. The van der Waals surface area contributed by atoms with Crippen LogP contribution in [-0.4, -0.2) is 17.0 Å². The predicted molar refractivity (Wildman–Crippen MR) is 54.2 cm³/mol. The average Bonchev–Trinajstić information content (AvgIpc) is 2.16. The highest BCUT2D eigenvalue weighted by Crippen LogP contribution is 2.10. The van der Waals surface area contributed by atoms with Crippen LogP contribution in [0.2, 0.25) is 0 Å². The summed E-state index contributed by atoms with van der Waals surface area (Å²) in [5.41, 5.74) is 6.11. The summed E-state index contributed by atoms with van der Waals surface area (Å²) in [6.45, 7) is 1.69. The lowest BCUT2D eigenvalue weighted by Crippen LogP contribution is -2.06. The molecule has 0 atom stereocenters. The summed E-state index contributed by atoms with van der Waals surface area (Å²) >= 11 is 0. The monoisotopic (exact) mass is 203 g/mol. The number of hydrogen-bond donors (Lipinski definition) is 2. The number of primary amides is 1. The van der Waals surface area contributed by atoms with Gasteiger partial charge in [-0.15, -0.1) is 0 Å². The lowest BCUT2D eigenvalue weighted by atomic mass is 10.1. The van der Waals surface area contributed by atoms with Gasteiger partial charge in [0.25, 0.3) is 5.91 Å². The third-order valence-corrected chi connectivity index (χ3v) is 1.80. The number of benzene rings is 1. The van der Waals surface area contributed by atoms with Gasteiger partial charge in [0.2, 0.25) is 0 Å². The number of rotatable bonds is 1. The molecule has 0 fully saturated rings. The molecule has 76 valence electrons. The van der Waals surface area contributed by atoms with Crippen molar-refractivity contribution in [2.24, 2.45) is 5.73 Å². The Morgan fingerprint density at radius 1 is 1.40 bits per heavy atom. The van der Waals surface area contributed by atoms with Crippen LogP contribution in [0, 0.1) is 18.8 Å². The number of carbonyl (C=O) groups is 2. The molecule has 1 aromatic carbocycles. The minimum atomic E-state index is -1.02. The number of carboxylic acid groups (broad SMARTS) is 1. The quantitative estimate of drug-likeness (QED) is 0.653. The van der Waals surface area contributed by atoms with Gasteiger partial charge in [0.15, 0.2) is 0 Å². The number of carbonyl (C=O) groups excluding carboxylic acids is 1. The van der Waals surface area contributed by atoms with Crippen molar-refractivity contribution >= 4 is 11.9 Å². The Hall–Kier alpha value is -2.28. The smallest absolute Gasteiger partial charge is 0.335 e. The zero-order valence-corrected chi connectivity index (χ0v) is 8.07. The van der Waals surface area contributed by atoms with Crippen molar-refractivity contribution in [1.82, 2.24) is 0 Å². The molecule has 0 spiro atoms. The van der Waals surface area contributed by atoms with E-state index in [0.29, 0.717) is 11.1 Å². The molecule has 0 unspecified atom stereocenters. The largest absolute Gasteiger partial charge is 0.478 e. The van der Waals surface area contributed by atoms with E-state index in [-0.39, 0.29) is 5.56 Å². The van der Waals surface area contributed by atoms with Crippen LogP contribution in [-0.2, 0) is 4.79 Å². The zero-order valence-electron chi connectivity index (χ0n) is 8.07. The van der Waals surface area contributed by atoms with E-state index in [1.807, 2.05) is 0 Å². The van der Waals surface area contributed by atoms with E-state index in [0.717, 1.165) is 0 Å². The molecule has 1 amide bonds. The summed E-state index contributed by atoms with van der Waals surface area (Å²) < 4.78 is 0. The molecular weight excluding hydrogens is 194 g/mol. The summed E-state index contributed by atoms with van der Waals surface area (Å²) in [5.74, 6) is 2.86. The maximum absolute atomic E-state index is 10.8. The molecule has 0 saturated heterocycles. The van der Waals surface area contributed by atoms with Crippen LogP contribution in [0.25, 0.3) is 0 Å². The third kappa shape index (κ3) is 2.85. The van der Waals surface area contributed by atoms with Gasteiger partial charge in [-0.2, -0.15) is 0 Å². The summed E-state index contributed by atoms with van der Waals surface area (Å²) in [7, 11) is 0. The SMILES string of the molecule is Cc1ccc(C#CC(N)=O)cc1C(=O)O. The molecule has 0 aliphatic heterocycles. The Morgan fingerprint density at radius 2 is 2.07 bits per heavy atom. The van der Waals surface area contributed by atoms with E-state index < -0.39 is 11.9 Å². The molecular formula is C11H9NO3. The Labute approximate surface area is 86.7 Å². The maximum Gasteiger partial charge on any atom is 0.335 e. The lowest BCUT2D eigenvalue weighted by Gasteiger charge is -2.00. The van der Waals surface area contributed by atoms with E-state index in [1.165, 1.54) is 6.07 Å². The van der Waals surface area contributed by atoms with E-state index in [4.69, 9.17) is 10.8 Å². The summed E-state index contributed by atoms with van der Waals surface area (Å²) in [6.07, 6.45) is 0. The topological polar surface area (TPSA) is 80.4 Å². The highest BCUT2D eigenvalue weighted by Gasteiger charge is 2.06. The fourth-order valence-electron chi connectivity index (χ4n) is 1.06. The molecule has 1 aromatic rings. The highest BCUT2D eigenvalue weighted by atomic mass is 16.4. The van der Waals surface area contributed by atoms with Gasteiger partial charge in [0.1, 0.15) is 0 Å². The fourth-order valence-corrected chi connectivity index (χ4v) is 1.06. The van der Waals surface area contributed by atoms with Crippen LogP contribution in [0.5, 0.6) is 0 Å². The van der Waals surface area contributed by atoms with Gasteiger partial charge < -0.3 is 10.8 Å². The van der Waals surface area contributed by atoms with Crippen LogP contribution in [0.4, 0.5) is 0 Å². The molecule has 4 heteroatoms. The highest BCUT2D eigenvalue weighted by molar-refractivity contribution is 5.93. The van der Waals surface area contributed by atoms with Crippen molar-refractivity contribution in [3.8, 4) is 11.8 Å². The molecule has 0 bridgehead atoms. The van der Waals surface area contributed by atoms with Gasteiger partial charge in [-0.25, -0.2) is 4.79 Å². The number of aryl methyl sites for hydroxylation is 1. The van der Waals surface area contributed by atoms with Gasteiger partial charge >= 0.3 is 5.97 Å². The number of carboxylic acids is 1. The summed E-state index contributed by atoms with van der Waals surface area (Å²) in [4.78, 5) is 21.2. The van der Waals surface area contributed by atoms with Gasteiger partial charge in [0.05, 0.1) is 5.56 Å². The van der Waals surface area contributed by atoms with E-state index in [9.17, 15) is 9.59 Å². The van der Waals surface area contributed by atoms with Crippen molar-refractivity contribution in [3.05, 3.63) is 34.9 Å². The second-order valence-corrected chi connectivity index (χ2v) is 2.95. The van der Waals surface area contributed by atoms with E-state index >= 15 is 0 Å². The minimum absolute atomic E-state index is 0.172. The first-order chi connectivity index (χ1) is 7.00. The Bertz CT molecular complexity index is 480. The van der Waals surface area contributed by atoms with Crippen molar-refractivity contribution in [1.29, 1.82) is 0 Å². The normalized spacial score (nSPS) is 8.87. The molecule has 15 heavy (non-hydrogen) atoms. The Kier molecular flexibility index (Phi) is 3.09. The van der Waals surface area contributed by atoms with Gasteiger partial charge in [0, 0.05) is 5.56 Å². The molecule has 1 rings (SSSR count). The zero-order chi connectivity index (χ0) is 11.4. The van der Waals surface area contributed by atoms with Crippen molar-refractivity contribution in [2.45, 2.75) is 6.92 Å². The Balaban J connectivity index is 3.15. The first-order valence-corrected chi connectivity index (χ1v) is 4.16. The molecule has 0 aliphatic carbocycles. The first-order valence-electron chi connectivity index (χ1n) is 4.16. The summed E-state index contributed by atoms with van der Waals surface area (Å²) in [5, 5.41) is 8.83. The maximum atomic E-state index is 10.8. The van der Waals surface area contributed by atoms with E-state index in [1.54, 1.807) is 19.1 Å². The average molecular weight is 203 g/mol. The van der Waals surface area contributed by atoms with Gasteiger partial charge in [-0.05, 0) is 30.5 Å². The standard InChI is InChI=1S/C11H9NO3/c1-7-2-3-8(4-5-10(12)13)6-9(7)11(14)15/h2-3,6H,1H3,(H2,12,13)(H,14,15). The van der Waals surface area contributed by atoms with Crippen LogP contribution >= 0.6 is 0 Å². The van der Waals surface area contributed by atoms with Crippen LogP contribution in [0.3, 0.4) is 0 Å². The predicted octanol–water partition coefficient (Wildman–Crippen LogP) is 0.530.